The summed E-state index contributed by atoms with van der Waals surface area (Å²) in [4.78, 5) is 0. The van der Waals surface area contributed by atoms with E-state index in [4.69, 9.17) is 23.2 Å². The largest absolute Gasteiger partial charge is 0.306 e. The van der Waals surface area contributed by atoms with Crippen LogP contribution in [-0.2, 0) is 6.54 Å². The van der Waals surface area contributed by atoms with Crippen LogP contribution < -0.4 is 5.32 Å². The quantitative estimate of drug-likeness (QED) is 0.762. The molecular formula is C13H18Cl2FN. The Balaban J connectivity index is 2.75. The van der Waals surface area contributed by atoms with E-state index in [0.29, 0.717) is 17.4 Å². The number of hydrogen-bond donors (Lipinski definition) is 1. The average Bonchev–Trinajstić information content (AvgIpc) is 2.35. The molecule has 0 saturated heterocycles. The average molecular weight is 278 g/mol. The first kappa shape index (κ1) is 14.7. The molecule has 0 spiro atoms. The third-order valence-electron chi connectivity index (χ3n) is 3.27. The lowest BCUT2D eigenvalue weighted by molar-refractivity contribution is 0.334. The molecule has 0 aromatic heterocycles. The van der Waals surface area contributed by atoms with Crippen LogP contribution in [0.2, 0.25) is 5.02 Å². The predicted octanol–water partition coefficient (Wildman–Crippen LogP) is 4.37. The van der Waals surface area contributed by atoms with Crippen molar-refractivity contribution < 1.29 is 4.39 Å². The molecule has 1 aromatic carbocycles. The SMILES string of the molecule is CCC(CC)(CCl)NCc1cc(F)ccc1Cl. The zero-order valence-electron chi connectivity index (χ0n) is 10.2. The van der Waals surface area contributed by atoms with Gasteiger partial charge >= 0.3 is 0 Å². The minimum absolute atomic E-state index is 0.1000. The highest BCUT2D eigenvalue weighted by Crippen LogP contribution is 2.21. The van der Waals surface area contributed by atoms with E-state index in [0.717, 1.165) is 18.4 Å². The van der Waals surface area contributed by atoms with Crippen molar-refractivity contribution in [3.63, 3.8) is 0 Å². The third-order valence-corrected chi connectivity index (χ3v) is 4.15. The molecular weight excluding hydrogens is 260 g/mol. The van der Waals surface area contributed by atoms with E-state index in [1.165, 1.54) is 12.1 Å². The lowest BCUT2D eigenvalue weighted by atomic mass is 9.95. The summed E-state index contributed by atoms with van der Waals surface area (Å²) in [5.74, 6) is 0.267. The van der Waals surface area contributed by atoms with E-state index in [-0.39, 0.29) is 11.4 Å². The monoisotopic (exact) mass is 277 g/mol. The molecule has 0 unspecified atom stereocenters. The normalized spacial score (nSPS) is 11.8. The molecule has 0 amide bonds. The Kier molecular flexibility index (Phi) is 5.71. The Morgan fingerprint density at radius 2 is 1.94 bits per heavy atom. The lowest BCUT2D eigenvalue weighted by Crippen LogP contribution is -2.45. The molecule has 1 N–H and O–H groups in total. The van der Waals surface area contributed by atoms with Crippen LogP contribution in [0.3, 0.4) is 0 Å². The number of nitrogens with one attached hydrogen (secondary N) is 1. The molecule has 0 aliphatic carbocycles. The highest BCUT2D eigenvalue weighted by atomic mass is 35.5. The van der Waals surface area contributed by atoms with Crippen LogP contribution >= 0.6 is 23.2 Å². The highest BCUT2D eigenvalue weighted by molar-refractivity contribution is 6.31. The van der Waals surface area contributed by atoms with Crippen molar-refractivity contribution in [1.29, 1.82) is 0 Å². The number of benzene rings is 1. The van der Waals surface area contributed by atoms with Crippen molar-refractivity contribution in [1.82, 2.24) is 5.32 Å². The van der Waals surface area contributed by atoms with Gasteiger partial charge in [0.15, 0.2) is 0 Å². The third kappa shape index (κ3) is 3.84. The second kappa shape index (κ2) is 6.58. The van der Waals surface area contributed by atoms with Gasteiger partial charge in [0.2, 0.25) is 0 Å². The fourth-order valence-electron chi connectivity index (χ4n) is 1.70. The molecule has 1 rings (SSSR count). The molecule has 0 fully saturated rings. The summed E-state index contributed by atoms with van der Waals surface area (Å²) >= 11 is 12.0. The first-order valence-electron chi connectivity index (χ1n) is 5.82. The molecule has 17 heavy (non-hydrogen) atoms. The number of rotatable bonds is 6. The summed E-state index contributed by atoms with van der Waals surface area (Å²) in [6, 6.07) is 4.40. The van der Waals surface area contributed by atoms with E-state index < -0.39 is 0 Å². The number of hydrogen-bond acceptors (Lipinski definition) is 1. The first-order valence-corrected chi connectivity index (χ1v) is 6.73. The van der Waals surface area contributed by atoms with Crippen LogP contribution in [0, 0.1) is 5.82 Å². The minimum Gasteiger partial charge on any atom is -0.306 e. The van der Waals surface area contributed by atoms with E-state index in [1.807, 2.05) is 0 Å². The van der Waals surface area contributed by atoms with Gasteiger partial charge in [0, 0.05) is 23.0 Å². The van der Waals surface area contributed by atoms with E-state index in [1.54, 1.807) is 6.07 Å². The maximum Gasteiger partial charge on any atom is 0.123 e. The van der Waals surface area contributed by atoms with Crippen molar-refractivity contribution in [2.45, 2.75) is 38.8 Å². The minimum atomic E-state index is -0.268. The van der Waals surface area contributed by atoms with Crippen LogP contribution in [0.4, 0.5) is 4.39 Å². The standard InChI is InChI=1S/C13H18Cl2FN/c1-3-13(4-2,9-14)17-8-10-7-11(16)5-6-12(10)15/h5-7,17H,3-4,8-9H2,1-2H3. The Bertz CT molecular complexity index is 356. The van der Waals surface area contributed by atoms with Gasteiger partial charge in [-0.3, -0.25) is 0 Å². The summed E-state index contributed by atoms with van der Waals surface area (Å²) in [6.07, 6.45) is 1.86. The Morgan fingerprint density at radius 1 is 1.29 bits per heavy atom. The van der Waals surface area contributed by atoms with E-state index >= 15 is 0 Å². The lowest BCUT2D eigenvalue weighted by Gasteiger charge is -2.31. The molecule has 0 bridgehead atoms. The van der Waals surface area contributed by atoms with Crippen molar-refractivity contribution in [2.75, 3.05) is 5.88 Å². The Hall–Kier alpha value is -0.310. The molecule has 0 atom stereocenters. The van der Waals surface area contributed by atoms with Gasteiger partial charge in [-0.15, -0.1) is 11.6 Å². The number of halogens is 3. The van der Waals surface area contributed by atoms with Crippen molar-refractivity contribution in [2.24, 2.45) is 0 Å². The maximum absolute atomic E-state index is 13.1. The molecule has 0 heterocycles. The fourth-order valence-corrected chi connectivity index (χ4v) is 2.35. The van der Waals surface area contributed by atoms with Gasteiger partial charge in [-0.05, 0) is 36.6 Å². The first-order chi connectivity index (χ1) is 8.06. The van der Waals surface area contributed by atoms with Crippen LogP contribution in [-0.4, -0.2) is 11.4 Å². The van der Waals surface area contributed by atoms with Gasteiger partial charge in [0.25, 0.3) is 0 Å². The maximum atomic E-state index is 13.1. The molecule has 4 heteroatoms. The molecule has 0 aliphatic rings. The zero-order chi connectivity index (χ0) is 12.9. The summed E-state index contributed by atoms with van der Waals surface area (Å²) < 4.78 is 13.1. The summed E-state index contributed by atoms with van der Waals surface area (Å²) in [5, 5.41) is 3.96. The van der Waals surface area contributed by atoms with Gasteiger partial charge in [0.1, 0.15) is 5.82 Å². The molecule has 0 aliphatic heterocycles. The summed E-state index contributed by atoms with van der Waals surface area (Å²) in [5.41, 5.74) is 0.667. The summed E-state index contributed by atoms with van der Waals surface area (Å²) in [7, 11) is 0. The van der Waals surface area contributed by atoms with Crippen LogP contribution in [0.25, 0.3) is 0 Å². The van der Waals surface area contributed by atoms with Gasteiger partial charge in [0.05, 0.1) is 0 Å². The molecule has 96 valence electrons. The van der Waals surface area contributed by atoms with Crippen molar-refractivity contribution in [3.05, 3.63) is 34.6 Å². The molecule has 0 radical (unpaired) electrons. The zero-order valence-corrected chi connectivity index (χ0v) is 11.7. The summed E-state index contributed by atoms with van der Waals surface area (Å²) in [6.45, 7) is 4.71. The number of alkyl halides is 1. The van der Waals surface area contributed by atoms with Gasteiger partial charge in [-0.1, -0.05) is 25.4 Å². The van der Waals surface area contributed by atoms with Crippen molar-refractivity contribution in [3.8, 4) is 0 Å². The van der Waals surface area contributed by atoms with Gasteiger partial charge in [-0.2, -0.15) is 0 Å². The van der Waals surface area contributed by atoms with E-state index in [2.05, 4.69) is 19.2 Å². The second-order valence-corrected chi connectivity index (χ2v) is 4.88. The Morgan fingerprint density at radius 3 is 2.47 bits per heavy atom. The predicted molar refractivity (Wildman–Crippen MR) is 72.3 cm³/mol. The van der Waals surface area contributed by atoms with Crippen molar-refractivity contribution >= 4 is 23.2 Å². The van der Waals surface area contributed by atoms with Crippen LogP contribution in [0.15, 0.2) is 18.2 Å². The van der Waals surface area contributed by atoms with Crippen LogP contribution in [0.1, 0.15) is 32.3 Å². The fraction of sp³-hybridized carbons (Fsp3) is 0.538. The topological polar surface area (TPSA) is 12.0 Å². The smallest absolute Gasteiger partial charge is 0.123 e. The molecule has 1 nitrogen and oxygen atoms in total. The highest BCUT2D eigenvalue weighted by Gasteiger charge is 2.24. The van der Waals surface area contributed by atoms with Gasteiger partial charge in [-0.25, -0.2) is 4.39 Å². The van der Waals surface area contributed by atoms with Crippen LogP contribution in [0.5, 0.6) is 0 Å². The molecule has 0 saturated carbocycles. The Labute approximate surface area is 112 Å². The van der Waals surface area contributed by atoms with Gasteiger partial charge < -0.3 is 5.32 Å². The molecule has 1 aromatic rings. The van der Waals surface area contributed by atoms with E-state index in [9.17, 15) is 4.39 Å². The second-order valence-electron chi connectivity index (χ2n) is 4.21.